The Morgan fingerprint density at radius 3 is 1.08 bits per heavy atom. The van der Waals surface area contributed by atoms with Crippen molar-refractivity contribution in [3.05, 3.63) is 0 Å². The third-order valence-corrected chi connectivity index (χ3v) is 5.97. The molecule has 0 saturated heterocycles. The van der Waals surface area contributed by atoms with Gasteiger partial charge in [0.05, 0.1) is 0 Å². The summed E-state index contributed by atoms with van der Waals surface area (Å²) in [6.45, 7) is 7.58. The first-order valence-electron chi connectivity index (χ1n) is 11.8. The van der Waals surface area contributed by atoms with E-state index >= 15 is 0 Å². The molecule has 0 amide bonds. The molecule has 0 aromatic rings. The maximum atomic E-state index is 12.2. The fraction of sp³-hybridized carbons (Fsp3) is 0.708. The third kappa shape index (κ3) is 7.65. The van der Waals surface area contributed by atoms with E-state index in [1.807, 2.05) is 0 Å². The van der Waals surface area contributed by atoms with E-state index in [1.54, 1.807) is 0 Å². The van der Waals surface area contributed by atoms with Gasteiger partial charge < -0.3 is 33.2 Å². The van der Waals surface area contributed by atoms with Crippen LogP contribution in [-0.2, 0) is 66.7 Å². The Bertz CT molecular complexity index is 955. The van der Waals surface area contributed by atoms with E-state index in [0.717, 1.165) is 48.5 Å². The first kappa shape index (κ1) is 30.5. The summed E-state index contributed by atoms with van der Waals surface area (Å²) in [4.78, 5) is 84.6. The van der Waals surface area contributed by atoms with E-state index in [0.29, 0.717) is 0 Å². The molecule has 0 spiro atoms. The highest BCUT2D eigenvalue weighted by Crippen LogP contribution is 2.48. The second-order valence-electron chi connectivity index (χ2n) is 9.07. The van der Waals surface area contributed by atoms with Gasteiger partial charge in [-0.05, 0) is 6.42 Å². The first-order valence-corrected chi connectivity index (χ1v) is 11.8. The van der Waals surface area contributed by atoms with Crippen molar-refractivity contribution in [2.45, 2.75) is 97.6 Å². The smallest absolute Gasteiger partial charge is 0.303 e. The van der Waals surface area contributed by atoms with Gasteiger partial charge in [0.15, 0.2) is 18.3 Å². The molecule has 2 rings (SSSR count). The summed E-state index contributed by atoms with van der Waals surface area (Å²) in [5.74, 6) is -7.79. The average Bonchev–Trinajstić information content (AvgIpc) is 2.73. The molecule has 212 valence electrons. The topological polar surface area (TPSA) is 184 Å². The van der Waals surface area contributed by atoms with Gasteiger partial charge in [0.1, 0.15) is 24.4 Å². The molecule has 0 aliphatic heterocycles. The standard InChI is InChI=1S/C24H32O14/c1-9(25)32-17-8-16-18(21(35-12(4)28)20(17)34-11(3)27)22(36-13(5)29)24(38-15(7)31)23(37-14(6)30)19(16)33-10(2)26/h16-24H,8H2,1-7H3/t16-,17-,18-,19-,20-,21-,22+,23+,24-/m1/s1. The predicted molar refractivity (Wildman–Crippen MR) is 120 cm³/mol. The Balaban J connectivity index is 2.83. The van der Waals surface area contributed by atoms with Crippen molar-refractivity contribution in [3.63, 3.8) is 0 Å². The fourth-order valence-corrected chi connectivity index (χ4v) is 5.19. The number of hydrogen-bond acceptors (Lipinski definition) is 14. The second-order valence-corrected chi connectivity index (χ2v) is 9.07. The number of carbonyl (C=O) groups is 7. The maximum absolute atomic E-state index is 12.2. The van der Waals surface area contributed by atoms with Gasteiger partial charge in [-0.25, -0.2) is 0 Å². The Kier molecular flexibility index (Phi) is 10.2. The predicted octanol–water partition coefficient (Wildman–Crippen LogP) is 0.158. The summed E-state index contributed by atoms with van der Waals surface area (Å²) < 4.78 is 38.2. The number of carbonyl (C=O) groups excluding carboxylic acids is 7. The minimum atomic E-state index is -1.52. The van der Waals surface area contributed by atoms with Crippen LogP contribution in [0.2, 0.25) is 0 Å². The van der Waals surface area contributed by atoms with Crippen LogP contribution in [0.1, 0.15) is 54.9 Å². The largest absolute Gasteiger partial charge is 0.458 e. The monoisotopic (exact) mass is 544 g/mol. The van der Waals surface area contributed by atoms with E-state index in [4.69, 9.17) is 33.2 Å². The molecular formula is C24H32O14. The molecule has 0 N–H and O–H groups in total. The van der Waals surface area contributed by atoms with Crippen molar-refractivity contribution < 1.29 is 66.7 Å². The van der Waals surface area contributed by atoms with Gasteiger partial charge in [0.2, 0.25) is 0 Å². The SMILES string of the molecule is CC(=O)O[C@@H]1[C@H](OC(C)=O)[C@@H](OC(C)=O)[C@@H]2[C@@H](C[C@@H](OC(C)=O)[C@@H](OC(C)=O)[C@@H]2OC(C)=O)[C@H]1OC(C)=O. The van der Waals surface area contributed by atoms with E-state index in [2.05, 4.69) is 0 Å². The van der Waals surface area contributed by atoms with Gasteiger partial charge >= 0.3 is 41.8 Å². The number of fused-ring (bicyclic) bond motifs is 1. The highest BCUT2D eigenvalue weighted by molar-refractivity contribution is 5.70. The quantitative estimate of drug-likeness (QED) is 0.312. The minimum Gasteiger partial charge on any atom is -0.458 e. The summed E-state index contributed by atoms with van der Waals surface area (Å²) >= 11 is 0. The molecule has 2 aliphatic rings. The number of esters is 7. The molecule has 2 fully saturated rings. The lowest BCUT2D eigenvalue weighted by Gasteiger charge is -2.54. The molecule has 2 saturated carbocycles. The van der Waals surface area contributed by atoms with Crippen molar-refractivity contribution in [2.24, 2.45) is 11.8 Å². The summed E-state index contributed by atoms with van der Waals surface area (Å²) in [7, 11) is 0. The molecule has 0 radical (unpaired) electrons. The van der Waals surface area contributed by atoms with Crippen molar-refractivity contribution >= 4 is 41.8 Å². The summed E-state index contributed by atoms with van der Waals surface area (Å²) in [6.07, 6.45) is -9.94. The summed E-state index contributed by atoms with van der Waals surface area (Å²) in [6, 6.07) is 0. The molecule has 14 nitrogen and oxygen atoms in total. The number of rotatable bonds is 7. The van der Waals surface area contributed by atoms with Crippen LogP contribution in [0.15, 0.2) is 0 Å². The van der Waals surface area contributed by atoms with Crippen LogP contribution in [-0.4, -0.2) is 84.5 Å². The minimum absolute atomic E-state index is 0.166. The Morgan fingerprint density at radius 2 is 0.684 bits per heavy atom. The second kappa shape index (κ2) is 12.7. The van der Waals surface area contributed by atoms with E-state index in [-0.39, 0.29) is 6.42 Å². The van der Waals surface area contributed by atoms with Gasteiger partial charge in [0.25, 0.3) is 0 Å². The zero-order valence-corrected chi connectivity index (χ0v) is 22.1. The van der Waals surface area contributed by atoms with Gasteiger partial charge in [0, 0.05) is 60.3 Å². The Labute approximate surface area is 218 Å². The van der Waals surface area contributed by atoms with Crippen molar-refractivity contribution in [3.8, 4) is 0 Å². The van der Waals surface area contributed by atoms with Gasteiger partial charge in [-0.1, -0.05) is 0 Å². The van der Waals surface area contributed by atoms with Crippen LogP contribution in [0.4, 0.5) is 0 Å². The van der Waals surface area contributed by atoms with Crippen LogP contribution in [0.5, 0.6) is 0 Å². The molecule has 0 aromatic carbocycles. The fourth-order valence-electron chi connectivity index (χ4n) is 5.19. The van der Waals surface area contributed by atoms with Gasteiger partial charge in [-0.2, -0.15) is 0 Å². The van der Waals surface area contributed by atoms with Crippen molar-refractivity contribution in [1.82, 2.24) is 0 Å². The van der Waals surface area contributed by atoms with E-state index in [1.165, 1.54) is 0 Å². The average molecular weight is 545 g/mol. The molecule has 0 unspecified atom stereocenters. The number of ether oxygens (including phenoxy) is 7. The lowest BCUT2D eigenvalue weighted by Crippen LogP contribution is -2.70. The molecule has 0 aromatic heterocycles. The van der Waals surface area contributed by atoms with Crippen LogP contribution in [0, 0.1) is 11.8 Å². The lowest BCUT2D eigenvalue weighted by atomic mass is 9.62. The number of hydrogen-bond donors (Lipinski definition) is 0. The molecule has 38 heavy (non-hydrogen) atoms. The third-order valence-electron chi connectivity index (χ3n) is 5.97. The Morgan fingerprint density at radius 1 is 0.395 bits per heavy atom. The normalized spacial score (nSPS) is 31.9. The van der Waals surface area contributed by atoms with Crippen LogP contribution in [0.3, 0.4) is 0 Å². The molecule has 14 heteroatoms. The molecule has 0 bridgehead atoms. The zero-order valence-electron chi connectivity index (χ0n) is 22.1. The van der Waals surface area contributed by atoms with Crippen molar-refractivity contribution in [2.75, 3.05) is 0 Å². The molecule has 0 heterocycles. The lowest BCUT2D eigenvalue weighted by molar-refractivity contribution is -0.267. The van der Waals surface area contributed by atoms with Crippen LogP contribution in [0.25, 0.3) is 0 Å². The van der Waals surface area contributed by atoms with E-state index in [9.17, 15) is 33.6 Å². The zero-order chi connectivity index (χ0) is 28.9. The van der Waals surface area contributed by atoms with Gasteiger partial charge in [-0.15, -0.1) is 0 Å². The van der Waals surface area contributed by atoms with Crippen LogP contribution < -0.4 is 0 Å². The molecule has 9 atom stereocenters. The summed E-state index contributed by atoms with van der Waals surface area (Å²) in [5, 5.41) is 0. The highest BCUT2D eigenvalue weighted by Gasteiger charge is 2.65. The molecule has 2 aliphatic carbocycles. The Hall–Kier alpha value is -3.71. The van der Waals surface area contributed by atoms with E-state index < -0.39 is 96.3 Å². The molecular weight excluding hydrogens is 512 g/mol. The summed E-state index contributed by atoms with van der Waals surface area (Å²) in [5.41, 5.74) is 0. The maximum Gasteiger partial charge on any atom is 0.303 e. The van der Waals surface area contributed by atoms with Crippen LogP contribution >= 0.6 is 0 Å². The van der Waals surface area contributed by atoms with Crippen molar-refractivity contribution in [1.29, 1.82) is 0 Å². The highest BCUT2D eigenvalue weighted by atomic mass is 16.6. The first-order chi connectivity index (χ1) is 17.6. The van der Waals surface area contributed by atoms with Gasteiger partial charge in [-0.3, -0.25) is 33.6 Å².